The number of carbonyl (C=O) groups excluding carboxylic acids is 1. The van der Waals surface area contributed by atoms with Crippen LogP contribution in [0.1, 0.15) is 11.4 Å². The third-order valence-corrected chi connectivity index (χ3v) is 5.48. The van der Waals surface area contributed by atoms with Crippen LogP contribution in [0.25, 0.3) is 27.5 Å². The molecule has 0 unspecified atom stereocenters. The number of aromatic nitrogens is 3. The van der Waals surface area contributed by atoms with Crippen LogP contribution in [0.2, 0.25) is 0 Å². The Bertz CT molecular complexity index is 1210. The standard InChI is InChI=1S/C22H19N3O3S/c1-13-11-19(23-15-8-4-3-7-14(13)15)29-12-18(26)20(22(27)28-2)21-24-16-9-5-6-10-17(16)25-21/h3-11,26H,12H2,1-2H3,(H,24,25)/b20-18-. The molecule has 2 aromatic carbocycles. The van der Waals surface area contributed by atoms with Crippen LogP contribution in [0.4, 0.5) is 0 Å². The molecule has 0 saturated heterocycles. The highest BCUT2D eigenvalue weighted by Crippen LogP contribution is 2.27. The van der Waals surface area contributed by atoms with E-state index in [1.165, 1.54) is 18.9 Å². The molecule has 0 bridgehead atoms. The zero-order chi connectivity index (χ0) is 20.4. The summed E-state index contributed by atoms with van der Waals surface area (Å²) in [7, 11) is 1.28. The molecule has 4 aromatic rings. The van der Waals surface area contributed by atoms with Gasteiger partial charge in [-0.05, 0) is 36.8 Å². The van der Waals surface area contributed by atoms with E-state index < -0.39 is 5.97 Å². The smallest absolute Gasteiger partial charge is 0.345 e. The fourth-order valence-corrected chi connectivity index (χ4v) is 3.98. The lowest BCUT2D eigenvalue weighted by Crippen LogP contribution is -2.09. The van der Waals surface area contributed by atoms with Crippen LogP contribution >= 0.6 is 11.8 Å². The van der Waals surface area contributed by atoms with E-state index >= 15 is 0 Å². The van der Waals surface area contributed by atoms with Crippen molar-refractivity contribution >= 4 is 45.2 Å². The number of para-hydroxylation sites is 3. The molecule has 0 radical (unpaired) electrons. The van der Waals surface area contributed by atoms with Crippen LogP contribution in [0, 0.1) is 6.92 Å². The first-order valence-corrected chi connectivity index (χ1v) is 10.00. The molecule has 0 saturated carbocycles. The average molecular weight is 405 g/mol. The van der Waals surface area contributed by atoms with Crippen LogP contribution in [0.5, 0.6) is 0 Å². The zero-order valence-electron chi connectivity index (χ0n) is 16.0. The maximum atomic E-state index is 12.3. The molecule has 0 amide bonds. The number of nitrogens with one attached hydrogen (secondary N) is 1. The average Bonchev–Trinajstić information content (AvgIpc) is 3.15. The first kappa shape index (κ1) is 19.0. The lowest BCUT2D eigenvalue weighted by atomic mass is 10.1. The Morgan fingerprint density at radius 2 is 1.83 bits per heavy atom. The number of H-pyrrole nitrogens is 1. The molecule has 146 valence electrons. The van der Waals surface area contributed by atoms with Gasteiger partial charge in [-0.25, -0.2) is 14.8 Å². The summed E-state index contributed by atoms with van der Waals surface area (Å²) in [5.74, 6) is -0.330. The lowest BCUT2D eigenvalue weighted by molar-refractivity contribution is -0.133. The maximum absolute atomic E-state index is 12.3. The first-order chi connectivity index (χ1) is 14.1. The summed E-state index contributed by atoms with van der Waals surface area (Å²) in [5, 5.41) is 12.6. The molecule has 2 N–H and O–H groups in total. The number of ether oxygens (including phenoxy) is 1. The summed E-state index contributed by atoms with van der Waals surface area (Å²) in [6.07, 6.45) is 0. The number of esters is 1. The number of aliphatic hydroxyl groups excluding tert-OH is 1. The van der Waals surface area contributed by atoms with Gasteiger partial charge in [0.1, 0.15) is 17.2 Å². The number of pyridine rings is 1. The molecule has 0 aliphatic heterocycles. The highest BCUT2D eigenvalue weighted by molar-refractivity contribution is 7.99. The number of fused-ring (bicyclic) bond motifs is 2. The van der Waals surface area contributed by atoms with Crippen molar-refractivity contribution in [2.75, 3.05) is 12.9 Å². The Morgan fingerprint density at radius 3 is 2.59 bits per heavy atom. The van der Waals surface area contributed by atoms with E-state index in [-0.39, 0.29) is 22.9 Å². The van der Waals surface area contributed by atoms with Crippen molar-refractivity contribution in [3.63, 3.8) is 0 Å². The van der Waals surface area contributed by atoms with Gasteiger partial charge >= 0.3 is 5.97 Å². The third kappa shape index (κ3) is 3.82. The van der Waals surface area contributed by atoms with E-state index in [9.17, 15) is 9.90 Å². The van der Waals surface area contributed by atoms with Crippen LogP contribution in [0.15, 0.2) is 65.4 Å². The second-order valence-electron chi connectivity index (χ2n) is 6.50. The second kappa shape index (κ2) is 7.97. The molecule has 2 heterocycles. The minimum absolute atomic E-state index is 0.0220. The van der Waals surface area contributed by atoms with Crippen molar-refractivity contribution in [3.8, 4) is 0 Å². The van der Waals surface area contributed by atoms with E-state index in [2.05, 4.69) is 15.0 Å². The minimum atomic E-state index is -0.648. The summed E-state index contributed by atoms with van der Waals surface area (Å²) in [6, 6.07) is 17.3. The quantitative estimate of drug-likeness (QED) is 0.217. The van der Waals surface area contributed by atoms with Crippen molar-refractivity contribution in [3.05, 3.63) is 71.7 Å². The highest BCUT2D eigenvalue weighted by Gasteiger charge is 2.22. The Balaban J connectivity index is 1.66. The molecular weight excluding hydrogens is 386 g/mol. The molecule has 0 fully saturated rings. The Labute approximate surface area is 171 Å². The molecule has 0 spiro atoms. The number of rotatable bonds is 5. The van der Waals surface area contributed by atoms with Gasteiger partial charge in [0.25, 0.3) is 0 Å². The summed E-state index contributed by atoms with van der Waals surface area (Å²) in [6.45, 7) is 2.03. The van der Waals surface area contributed by atoms with Crippen molar-refractivity contribution in [1.82, 2.24) is 15.0 Å². The van der Waals surface area contributed by atoms with E-state index in [1.54, 1.807) is 0 Å². The summed E-state index contributed by atoms with van der Waals surface area (Å²) in [5.41, 5.74) is 3.50. The number of carbonyl (C=O) groups is 1. The number of hydrogen-bond acceptors (Lipinski definition) is 6. The number of aliphatic hydroxyl groups is 1. The monoisotopic (exact) mass is 405 g/mol. The van der Waals surface area contributed by atoms with Crippen molar-refractivity contribution < 1.29 is 14.6 Å². The fourth-order valence-electron chi connectivity index (χ4n) is 3.13. The SMILES string of the molecule is COC(=O)/C(=C(\O)CSc1cc(C)c2ccccc2n1)c1nc2ccccc2[nH]1. The molecule has 0 atom stereocenters. The van der Waals surface area contributed by atoms with Gasteiger partial charge in [0.05, 0.1) is 34.4 Å². The van der Waals surface area contributed by atoms with E-state index in [0.29, 0.717) is 5.52 Å². The van der Waals surface area contributed by atoms with Gasteiger partial charge in [-0.15, -0.1) is 0 Å². The lowest BCUT2D eigenvalue weighted by Gasteiger charge is -2.08. The Morgan fingerprint density at radius 1 is 1.10 bits per heavy atom. The summed E-state index contributed by atoms with van der Waals surface area (Å²) in [4.78, 5) is 24.5. The predicted molar refractivity (Wildman–Crippen MR) is 115 cm³/mol. The van der Waals surface area contributed by atoms with E-state index in [1.807, 2.05) is 61.5 Å². The number of benzene rings is 2. The fraction of sp³-hybridized carbons (Fsp3) is 0.136. The summed E-state index contributed by atoms with van der Waals surface area (Å²) >= 11 is 1.35. The van der Waals surface area contributed by atoms with Crippen LogP contribution in [-0.2, 0) is 9.53 Å². The molecule has 7 heteroatoms. The van der Waals surface area contributed by atoms with Crippen LogP contribution in [0.3, 0.4) is 0 Å². The minimum Gasteiger partial charge on any atom is -0.510 e. The molecule has 0 aliphatic carbocycles. The predicted octanol–water partition coefficient (Wildman–Crippen LogP) is 4.65. The number of aryl methyl sites for hydroxylation is 1. The molecule has 4 rings (SSSR count). The molecule has 6 nitrogen and oxygen atoms in total. The normalized spacial score (nSPS) is 12.2. The van der Waals surface area contributed by atoms with Gasteiger partial charge in [0.2, 0.25) is 0 Å². The number of hydrogen-bond donors (Lipinski definition) is 2. The first-order valence-electron chi connectivity index (χ1n) is 9.01. The van der Waals surface area contributed by atoms with E-state index in [4.69, 9.17) is 4.74 Å². The highest BCUT2D eigenvalue weighted by atomic mass is 32.2. The van der Waals surface area contributed by atoms with Gasteiger partial charge in [-0.2, -0.15) is 0 Å². The molecule has 0 aliphatic rings. The third-order valence-electron chi connectivity index (χ3n) is 4.56. The van der Waals surface area contributed by atoms with Crippen LogP contribution < -0.4 is 0 Å². The van der Waals surface area contributed by atoms with Gasteiger partial charge in [0.15, 0.2) is 0 Å². The number of aromatic amines is 1. The maximum Gasteiger partial charge on any atom is 0.345 e. The van der Waals surface area contributed by atoms with Crippen molar-refractivity contribution in [1.29, 1.82) is 0 Å². The van der Waals surface area contributed by atoms with Crippen molar-refractivity contribution in [2.24, 2.45) is 0 Å². The van der Waals surface area contributed by atoms with Gasteiger partial charge in [-0.1, -0.05) is 42.1 Å². The van der Waals surface area contributed by atoms with Crippen LogP contribution in [-0.4, -0.2) is 38.9 Å². The van der Waals surface area contributed by atoms with Gasteiger partial charge in [0, 0.05) is 5.39 Å². The number of methoxy groups -OCH3 is 1. The zero-order valence-corrected chi connectivity index (χ0v) is 16.8. The topological polar surface area (TPSA) is 88.1 Å². The second-order valence-corrected chi connectivity index (χ2v) is 7.49. The molecule has 2 aromatic heterocycles. The number of thioether (sulfide) groups is 1. The number of nitrogens with zero attached hydrogens (tertiary/aromatic N) is 2. The van der Waals surface area contributed by atoms with Gasteiger partial charge < -0.3 is 14.8 Å². The molecular formula is C22H19N3O3S. The summed E-state index contributed by atoms with van der Waals surface area (Å²) < 4.78 is 4.87. The molecule has 29 heavy (non-hydrogen) atoms. The van der Waals surface area contributed by atoms with E-state index in [0.717, 1.165) is 27.0 Å². The Kier molecular flexibility index (Phi) is 5.22. The van der Waals surface area contributed by atoms with Gasteiger partial charge in [-0.3, -0.25) is 0 Å². The largest absolute Gasteiger partial charge is 0.510 e. The number of imidazole rings is 1. The Hall–Kier alpha value is -3.32. The van der Waals surface area contributed by atoms with Crippen molar-refractivity contribution in [2.45, 2.75) is 11.9 Å².